The van der Waals surface area contributed by atoms with Crippen molar-refractivity contribution in [3.63, 3.8) is 0 Å². The summed E-state index contributed by atoms with van der Waals surface area (Å²) in [6.07, 6.45) is 0. The molecule has 0 aromatic heterocycles. The average Bonchev–Trinajstić information content (AvgIpc) is 2.55. The van der Waals surface area contributed by atoms with Crippen molar-refractivity contribution in [1.82, 2.24) is 9.62 Å². The van der Waals surface area contributed by atoms with Crippen LogP contribution in [0.15, 0.2) is 57.9 Å². The van der Waals surface area contributed by atoms with Gasteiger partial charge >= 0.3 is 0 Å². The Morgan fingerprint density at radius 2 is 1.63 bits per heavy atom. The van der Waals surface area contributed by atoms with Gasteiger partial charge in [-0.25, -0.2) is 8.42 Å². The molecule has 0 fully saturated rings. The highest BCUT2D eigenvalue weighted by Gasteiger charge is 2.28. The summed E-state index contributed by atoms with van der Waals surface area (Å²) in [6.45, 7) is 5.33. The first-order valence-corrected chi connectivity index (χ1v) is 10.9. The molecule has 0 aliphatic rings. The predicted octanol–water partition coefficient (Wildman–Crippen LogP) is 4.21. The van der Waals surface area contributed by atoms with E-state index in [9.17, 15) is 13.2 Å². The second-order valence-corrected chi connectivity index (χ2v) is 10.4. The molecule has 1 amide bonds. The number of carbonyl (C=O) groups excluding carboxylic acids is 1. The fourth-order valence-corrected chi connectivity index (χ4v) is 4.17. The van der Waals surface area contributed by atoms with Crippen LogP contribution in [0.5, 0.6) is 0 Å². The molecule has 0 atom stereocenters. The van der Waals surface area contributed by atoms with Crippen LogP contribution < -0.4 is 5.32 Å². The molecule has 0 heterocycles. The molecule has 0 aliphatic carbocycles. The van der Waals surface area contributed by atoms with Gasteiger partial charge in [-0.3, -0.25) is 4.79 Å². The van der Waals surface area contributed by atoms with Crippen LogP contribution in [0.25, 0.3) is 0 Å². The quantitative estimate of drug-likeness (QED) is 0.683. The van der Waals surface area contributed by atoms with Gasteiger partial charge in [-0.1, -0.05) is 39.7 Å². The van der Waals surface area contributed by atoms with Crippen LogP contribution in [0, 0.1) is 0 Å². The fraction of sp³-hybridized carbons (Fsp3) is 0.316. The Bertz CT molecular complexity index is 892. The van der Waals surface area contributed by atoms with E-state index < -0.39 is 15.6 Å². The van der Waals surface area contributed by atoms with Gasteiger partial charge < -0.3 is 5.32 Å². The second-order valence-electron chi connectivity index (χ2n) is 7.15. The van der Waals surface area contributed by atoms with E-state index in [-0.39, 0.29) is 23.9 Å². The zero-order chi connectivity index (χ0) is 20.2. The SMILES string of the molecule is CC(C)(C)NC(=O)CN(Cc1ccc(Br)cc1)S(=O)(=O)c1ccc(Cl)cc1. The number of hydrogen-bond acceptors (Lipinski definition) is 3. The van der Waals surface area contributed by atoms with Crippen LogP contribution in [0.1, 0.15) is 26.3 Å². The van der Waals surface area contributed by atoms with Crippen molar-refractivity contribution < 1.29 is 13.2 Å². The lowest BCUT2D eigenvalue weighted by Crippen LogP contribution is -2.47. The minimum atomic E-state index is -3.87. The number of hydrogen-bond donors (Lipinski definition) is 1. The summed E-state index contributed by atoms with van der Waals surface area (Å²) in [7, 11) is -3.87. The normalized spacial score (nSPS) is 12.2. The van der Waals surface area contributed by atoms with Crippen molar-refractivity contribution in [3.8, 4) is 0 Å². The Kier molecular flexibility index (Phi) is 7.08. The molecular formula is C19H22BrClN2O3S. The number of nitrogens with zero attached hydrogens (tertiary/aromatic N) is 1. The van der Waals surface area contributed by atoms with Gasteiger partial charge in [0.25, 0.3) is 0 Å². The third-order valence-electron chi connectivity index (χ3n) is 3.56. The fourth-order valence-electron chi connectivity index (χ4n) is 2.39. The van der Waals surface area contributed by atoms with Crippen molar-refractivity contribution in [2.24, 2.45) is 0 Å². The van der Waals surface area contributed by atoms with Crippen LogP contribution >= 0.6 is 27.5 Å². The largest absolute Gasteiger partial charge is 0.350 e. The molecule has 0 aliphatic heterocycles. The van der Waals surface area contributed by atoms with Crippen molar-refractivity contribution in [2.45, 2.75) is 37.8 Å². The molecule has 5 nitrogen and oxygen atoms in total. The van der Waals surface area contributed by atoms with E-state index in [1.807, 2.05) is 45.0 Å². The molecule has 2 aromatic rings. The summed E-state index contributed by atoms with van der Waals surface area (Å²) in [5.41, 5.74) is 0.323. The van der Waals surface area contributed by atoms with Crippen molar-refractivity contribution in [2.75, 3.05) is 6.54 Å². The van der Waals surface area contributed by atoms with E-state index in [4.69, 9.17) is 11.6 Å². The predicted molar refractivity (Wildman–Crippen MR) is 111 cm³/mol. The standard InChI is InChI=1S/C19H22BrClN2O3S/c1-19(2,3)22-18(24)13-23(12-14-4-6-15(20)7-5-14)27(25,26)17-10-8-16(21)9-11-17/h4-11H,12-13H2,1-3H3,(H,22,24). The van der Waals surface area contributed by atoms with Crippen LogP contribution in [0.4, 0.5) is 0 Å². The zero-order valence-electron chi connectivity index (χ0n) is 15.4. The summed E-state index contributed by atoms with van der Waals surface area (Å²) >= 11 is 9.23. The molecule has 8 heteroatoms. The van der Waals surface area contributed by atoms with Gasteiger partial charge in [0.15, 0.2) is 0 Å². The van der Waals surface area contributed by atoms with Gasteiger partial charge in [0, 0.05) is 21.6 Å². The van der Waals surface area contributed by atoms with Crippen LogP contribution in [-0.4, -0.2) is 30.7 Å². The highest BCUT2D eigenvalue weighted by atomic mass is 79.9. The molecule has 0 bridgehead atoms. The average molecular weight is 474 g/mol. The number of rotatable bonds is 6. The van der Waals surface area contributed by atoms with E-state index in [0.717, 1.165) is 10.0 Å². The maximum Gasteiger partial charge on any atom is 0.243 e. The zero-order valence-corrected chi connectivity index (χ0v) is 18.5. The van der Waals surface area contributed by atoms with Crippen LogP contribution in [-0.2, 0) is 21.4 Å². The van der Waals surface area contributed by atoms with Gasteiger partial charge in [0.1, 0.15) is 0 Å². The maximum absolute atomic E-state index is 13.1. The molecule has 0 spiro atoms. The molecule has 1 N–H and O–H groups in total. The molecule has 146 valence electrons. The van der Waals surface area contributed by atoms with Crippen LogP contribution in [0.2, 0.25) is 5.02 Å². The lowest BCUT2D eigenvalue weighted by molar-refractivity contribution is -0.122. The lowest BCUT2D eigenvalue weighted by Gasteiger charge is -2.25. The van der Waals surface area contributed by atoms with Crippen molar-refractivity contribution in [3.05, 3.63) is 63.6 Å². The second kappa shape index (κ2) is 8.73. The van der Waals surface area contributed by atoms with Gasteiger partial charge in [-0.2, -0.15) is 4.31 Å². The number of sulfonamides is 1. The van der Waals surface area contributed by atoms with E-state index in [0.29, 0.717) is 5.02 Å². The highest BCUT2D eigenvalue weighted by molar-refractivity contribution is 9.10. The Balaban J connectivity index is 2.34. The minimum absolute atomic E-state index is 0.0792. The number of halogens is 2. The van der Waals surface area contributed by atoms with Crippen molar-refractivity contribution >= 4 is 43.5 Å². The molecule has 2 aromatic carbocycles. The van der Waals surface area contributed by atoms with Crippen LogP contribution in [0.3, 0.4) is 0 Å². The summed E-state index contributed by atoms with van der Waals surface area (Å²) in [4.78, 5) is 12.5. The first-order chi connectivity index (χ1) is 12.5. The van der Waals surface area contributed by atoms with E-state index in [1.165, 1.54) is 28.6 Å². The maximum atomic E-state index is 13.1. The monoisotopic (exact) mass is 472 g/mol. The third kappa shape index (κ3) is 6.60. The summed E-state index contributed by atoms with van der Waals surface area (Å²) in [5, 5.41) is 3.25. The Hall–Kier alpha value is -1.41. The number of carbonyl (C=O) groups is 1. The molecule has 0 saturated heterocycles. The molecule has 0 unspecified atom stereocenters. The Labute approximate surface area is 173 Å². The van der Waals surface area contributed by atoms with Gasteiger partial charge in [0.05, 0.1) is 11.4 Å². The smallest absolute Gasteiger partial charge is 0.243 e. The number of benzene rings is 2. The molecule has 2 rings (SSSR count). The number of amides is 1. The first kappa shape index (κ1) is 21.9. The first-order valence-electron chi connectivity index (χ1n) is 8.28. The number of nitrogens with one attached hydrogen (secondary N) is 1. The van der Waals surface area contributed by atoms with E-state index >= 15 is 0 Å². The van der Waals surface area contributed by atoms with Crippen molar-refractivity contribution in [1.29, 1.82) is 0 Å². The minimum Gasteiger partial charge on any atom is -0.350 e. The molecular weight excluding hydrogens is 452 g/mol. The summed E-state index contributed by atoms with van der Waals surface area (Å²) < 4.78 is 28.3. The lowest BCUT2D eigenvalue weighted by atomic mass is 10.1. The van der Waals surface area contributed by atoms with Gasteiger partial charge in [-0.15, -0.1) is 0 Å². The van der Waals surface area contributed by atoms with E-state index in [2.05, 4.69) is 21.2 Å². The van der Waals surface area contributed by atoms with E-state index in [1.54, 1.807) is 0 Å². The summed E-state index contributed by atoms with van der Waals surface area (Å²) in [6, 6.07) is 13.2. The van der Waals surface area contributed by atoms with Gasteiger partial charge in [0.2, 0.25) is 15.9 Å². The Morgan fingerprint density at radius 3 is 2.15 bits per heavy atom. The Morgan fingerprint density at radius 1 is 1.07 bits per heavy atom. The third-order valence-corrected chi connectivity index (χ3v) is 6.14. The van der Waals surface area contributed by atoms with Gasteiger partial charge in [-0.05, 0) is 62.7 Å². The molecule has 27 heavy (non-hydrogen) atoms. The highest BCUT2D eigenvalue weighted by Crippen LogP contribution is 2.21. The molecule has 0 radical (unpaired) electrons. The summed E-state index contributed by atoms with van der Waals surface area (Å²) in [5.74, 6) is -0.364. The topological polar surface area (TPSA) is 66.5 Å². The molecule has 0 saturated carbocycles.